The molecule has 20 heavy (non-hydrogen) atoms. The third-order valence-electron chi connectivity index (χ3n) is 3.53. The van der Waals surface area contributed by atoms with Gasteiger partial charge in [0.25, 0.3) is 0 Å². The van der Waals surface area contributed by atoms with Crippen molar-refractivity contribution in [3.8, 4) is 6.07 Å². The third-order valence-corrected chi connectivity index (χ3v) is 3.53. The number of nitrogens with zero attached hydrogens (tertiary/aromatic N) is 1. The number of hydrogen-bond acceptors (Lipinski definition) is 2. The molecule has 2 nitrogen and oxygen atoms in total. The predicted octanol–water partition coefficient (Wildman–Crippen LogP) is 3.80. The Morgan fingerprint density at radius 2 is 1.85 bits per heavy atom. The van der Waals surface area contributed by atoms with Crippen molar-refractivity contribution in [3.05, 3.63) is 65.2 Å². The molecule has 2 aromatic rings. The highest BCUT2D eigenvalue weighted by atomic mass is 19.1. The van der Waals surface area contributed by atoms with E-state index in [9.17, 15) is 8.78 Å². The molecule has 100 valence electrons. The highest BCUT2D eigenvalue weighted by molar-refractivity contribution is 5.51. The zero-order valence-corrected chi connectivity index (χ0v) is 10.6. The number of nitriles is 1. The average Bonchev–Trinajstić information content (AvgIpc) is 3.21. The van der Waals surface area contributed by atoms with Gasteiger partial charge in [-0.05, 0) is 42.3 Å². The van der Waals surface area contributed by atoms with Gasteiger partial charge in [-0.3, -0.25) is 0 Å². The second kappa shape index (κ2) is 4.93. The summed E-state index contributed by atoms with van der Waals surface area (Å²) in [5.74, 6) is -0.392. The molecule has 0 unspecified atom stereocenters. The summed E-state index contributed by atoms with van der Waals surface area (Å²) in [7, 11) is 0. The van der Waals surface area contributed by atoms with E-state index in [1.54, 1.807) is 24.3 Å². The van der Waals surface area contributed by atoms with E-state index in [0.29, 0.717) is 11.3 Å². The van der Waals surface area contributed by atoms with Crippen LogP contribution in [0.25, 0.3) is 0 Å². The van der Waals surface area contributed by atoms with E-state index in [1.807, 2.05) is 6.07 Å². The highest BCUT2D eigenvalue weighted by Crippen LogP contribution is 2.43. The maximum absolute atomic E-state index is 13.7. The van der Waals surface area contributed by atoms with Crippen LogP contribution in [0, 0.1) is 23.0 Å². The van der Waals surface area contributed by atoms with Gasteiger partial charge in [0.15, 0.2) is 0 Å². The van der Waals surface area contributed by atoms with E-state index in [1.165, 1.54) is 18.2 Å². The Kier molecular flexibility index (Phi) is 3.11. The Bertz CT molecular complexity index is 674. The third kappa shape index (κ3) is 2.48. The number of benzene rings is 2. The fraction of sp³-hybridized carbons (Fsp3) is 0.188. The molecule has 3 rings (SSSR count). The lowest BCUT2D eigenvalue weighted by Crippen LogP contribution is -2.06. The second-order valence-corrected chi connectivity index (χ2v) is 4.95. The molecule has 1 N–H and O–H groups in total. The molecule has 0 heterocycles. The SMILES string of the molecule is N#Cc1ccc(N[C@@H]2C[C@H]2c2ccc(F)cc2)c(F)c1. The van der Waals surface area contributed by atoms with Crippen LogP contribution in [0.5, 0.6) is 0 Å². The number of nitrogens with one attached hydrogen (secondary N) is 1. The summed E-state index contributed by atoms with van der Waals surface area (Å²) in [4.78, 5) is 0. The lowest BCUT2D eigenvalue weighted by Gasteiger charge is -2.07. The summed E-state index contributed by atoms with van der Waals surface area (Å²) in [5, 5.41) is 11.8. The molecule has 0 aliphatic heterocycles. The Labute approximate surface area is 115 Å². The Morgan fingerprint density at radius 3 is 2.50 bits per heavy atom. The first-order chi connectivity index (χ1) is 9.67. The van der Waals surface area contributed by atoms with E-state index in [-0.39, 0.29) is 17.8 Å². The van der Waals surface area contributed by atoms with Crippen LogP contribution in [0.3, 0.4) is 0 Å². The van der Waals surface area contributed by atoms with E-state index >= 15 is 0 Å². The summed E-state index contributed by atoms with van der Waals surface area (Å²) in [6.45, 7) is 0. The average molecular weight is 270 g/mol. The largest absolute Gasteiger partial charge is 0.379 e. The van der Waals surface area contributed by atoms with E-state index in [2.05, 4.69) is 5.32 Å². The van der Waals surface area contributed by atoms with Crippen LogP contribution in [-0.4, -0.2) is 6.04 Å². The zero-order valence-electron chi connectivity index (χ0n) is 10.6. The molecule has 1 aliphatic rings. The van der Waals surface area contributed by atoms with Crippen LogP contribution < -0.4 is 5.32 Å². The number of halogens is 2. The van der Waals surface area contributed by atoms with Gasteiger partial charge in [-0.2, -0.15) is 5.26 Å². The van der Waals surface area contributed by atoms with Crippen molar-refractivity contribution in [1.82, 2.24) is 0 Å². The molecule has 1 saturated carbocycles. The van der Waals surface area contributed by atoms with Crippen molar-refractivity contribution in [2.24, 2.45) is 0 Å². The fourth-order valence-electron chi connectivity index (χ4n) is 2.33. The summed E-state index contributed by atoms with van der Waals surface area (Å²) in [6.07, 6.45) is 0.894. The Balaban J connectivity index is 1.69. The van der Waals surface area contributed by atoms with Gasteiger partial charge in [0.1, 0.15) is 11.6 Å². The van der Waals surface area contributed by atoms with Gasteiger partial charge in [0.2, 0.25) is 0 Å². The standard InChI is InChI=1S/C16H12F2N2/c17-12-4-2-11(3-5-12)13-8-16(13)20-15-6-1-10(9-19)7-14(15)18/h1-7,13,16,20H,8H2/t13-,16+/m0/s1. The van der Waals surface area contributed by atoms with Crippen LogP contribution in [0.2, 0.25) is 0 Å². The van der Waals surface area contributed by atoms with Gasteiger partial charge in [0.05, 0.1) is 17.3 Å². The van der Waals surface area contributed by atoms with Crippen molar-refractivity contribution in [1.29, 1.82) is 5.26 Å². The van der Waals surface area contributed by atoms with Crippen molar-refractivity contribution in [2.45, 2.75) is 18.4 Å². The molecule has 0 bridgehead atoms. The van der Waals surface area contributed by atoms with Crippen LogP contribution >= 0.6 is 0 Å². The van der Waals surface area contributed by atoms with Crippen molar-refractivity contribution < 1.29 is 8.78 Å². The number of rotatable bonds is 3. The highest BCUT2D eigenvalue weighted by Gasteiger charge is 2.38. The first-order valence-corrected chi connectivity index (χ1v) is 6.39. The lowest BCUT2D eigenvalue weighted by atomic mass is 10.1. The van der Waals surface area contributed by atoms with Crippen LogP contribution in [-0.2, 0) is 0 Å². The minimum atomic E-state index is -0.422. The minimum Gasteiger partial charge on any atom is -0.379 e. The number of anilines is 1. The first-order valence-electron chi connectivity index (χ1n) is 6.39. The van der Waals surface area contributed by atoms with Gasteiger partial charge in [-0.1, -0.05) is 12.1 Å². The molecule has 1 aliphatic carbocycles. The summed E-state index contributed by atoms with van der Waals surface area (Å²) < 4.78 is 26.6. The van der Waals surface area contributed by atoms with Gasteiger partial charge in [-0.15, -0.1) is 0 Å². The summed E-state index contributed by atoms with van der Waals surface area (Å²) in [5.41, 5.74) is 1.76. The van der Waals surface area contributed by atoms with Crippen LogP contribution in [0.4, 0.5) is 14.5 Å². The molecule has 1 fully saturated rings. The molecule has 2 atom stereocenters. The minimum absolute atomic E-state index is 0.155. The first kappa shape index (κ1) is 12.6. The molecule has 0 aromatic heterocycles. The molecule has 0 spiro atoms. The topological polar surface area (TPSA) is 35.8 Å². The molecule has 0 amide bonds. The van der Waals surface area contributed by atoms with Crippen molar-refractivity contribution in [3.63, 3.8) is 0 Å². The van der Waals surface area contributed by atoms with Crippen LogP contribution in [0.15, 0.2) is 42.5 Å². The predicted molar refractivity (Wildman–Crippen MR) is 72.3 cm³/mol. The van der Waals surface area contributed by atoms with Gasteiger partial charge >= 0.3 is 0 Å². The zero-order chi connectivity index (χ0) is 14.1. The summed E-state index contributed by atoms with van der Waals surface area (Å²) in [6, 6.07) is 12.8. The Hall–Kier alpha value is -2.41. The fourth-order valence-corrected chi connectivity index (χ4v) is 2.33. The van der Waals surface area contributed by atoms with Crippen LogP contribution in [0.1, 0.15) is 23.5 Å². The van der Waals surface area contributed by atoms with Gasteiger partial charge in [0, 0.05) is 12.0 Å². The van der Waals surface area contributed by atoms with Crippen molar-refractivity contribution in [2.75, 3.05) is 5.32 Å². The number of hydrogen-bond donors (Lipinski definition) is 1. The maximum Gasteiger partial charge on any atom is 0.147 e. The molecule has 4 heteroatoms. The molecular weight excluding hydrogens is 258 g/mol. The smallest absolute Gasteiger partial charge is 0.147 e. The second-order valence-electron chi connectivity index (χ2n) is 4.95. The van der Waals surface area contributed by atoms with E-state index < -0.39 is 5.82 Å². The van der Waals surface area contributed by atoms with Crippen molar-refractivity contribution >= 4 is 5.69 Å². The van der Waals surface area contributed by atoms with Gasteiger partial charge in [-0.25, -0.2) is 8.78 Å². The normalized spacial score (nSPS) is 20.2. The molecule has 0 radical (unpaired) electrons. The van der Waals surface area contributed by atoms with Gasteiger partial charge < -0.3 is 5.32 Å². The summed E-state index contributed by atoms with van der Waals surface area (Å²) >= 11 is 0. The Morgan fingerprint density at radius 1 is 1.10 bits per heavy atom. The monoisotopic (exact) mass is 270 g/mol. The molecular formula is C16H12F2N2. The lowest BCUT2D eigenvalue weighted by molar-refractivity contribution is 0.627. The molecule has 0 saturated heterocycles. The van der Waals surface area contributed by atoms with E-state index in [0.717, 1.165) is 12.0 Å². The van der Waals surface area contributed by atoms with E-state index in [4.69, 9.17) is 5.26 Å². The maximum atomic E-state index is 13.7. The molecule has 2 aromatic carbocycles. The quantitative estimate of drug-likeness (QED) is 0.920.